The van der Waals surface area contributed by atoms with Crippen molar-refractivity contribution in [2.45, 2.75) is 23.8 Å². The highest BCUT2D eigenvalue weighted by molar-refractivity contribution is 8.14. The number of hydrogen-bond acceptors (Lipinski definition) is 6. The molecule has 2 fully saturated rings. The van der Waals surface area contributed by atoms with E-state index in [0.29, 0.717) is 13.0 Å². The topological polar surface area (TPSA) is 104 Å². The van der Waals surface area contributed by atoms with Crippen LogP contribution in [0.3, 0.4) is 0 Å². The number of likely N-dealkylation sites (tertiary alicyclic amines) is 1. The maximum Gasteiger partial charge on any atom is 0.289 e. The van der Waals surface area contributed by atoms with Crippen LogP contribution in [0.1, 0.15) is 12.8 Å². The number of nitrogens with zero attached hydrogens (tertiary/aromatic N) is 2. The number of halogens is 2. The van der Waals surface area contributed by atoms with Gasteiger partial charge < -0.3 is 4.90 Å². The molecule has 0 aromatic heterocycles. The summed E-state index contributed by atoms with van der Waals surface area (Å²) in [7, 11) is -3.96. The standard InChI is InChI=1S/C16H17Cl2N3O5S2/c17-11-2-1-3-12(18)15(11)28(25,26)19-6-4-13(22)20-7-5-10(8-20)21-14(23)9-27-16(21)24/h1-3,10,19H,4-9H2. The van der Waals surface area contributed by atoms with E-state index >= 15 is 0 Å². The molecule has 0 saturated carbocycles. The quantitative estimate of drug-likeness (QED) is 0.688. The highest BCUT2D eigenvalue weighted by Crippen LogP contribution is 2.29. The zero-order valence-electron chi connectivity index (χ0n) is 14.6. The number of nitrogens with one attached hydrogen (secondary N) is 1. The largest absolute Gasteiger partial charge is 0.340 e. The summed E-state index contributed by atoms with van der Waals surface area (Å²) in [5, 5.41) is -0.299. The molecule has 1 aromatic rings. The van der Waals surface area contributed by atoms with Gasteiger partial charge in [-0.3, -0.25) is 19.3 Å². The zero-order chi connectivity index (χ0) is 20.5. The second-order valence-electron chi connectivity index (χ2n) is 6.30. The van der Waals surface area contributed by atoms with Crippen LogP contribution >= 0.6 is 35.0 Å². The van der Waals surface area contributed by atoms with E-state index in [1.807, 2.05) is 0 Å². The van der Waals surface area contributed by atoms with E-state index in [0.717, 1.165) is 11.8 Å². The van der Waals surface area contributed by atoms with Crippen molar-refractivity contribution in [1.82, 2.24) is 14.5 Å². The van der Waals surface area contributed by atoms with Crippen molar-refractivity contribution in [2.75, 3.05) is 25.4 Å². The molecule has 0 spiro atoms. The lowest BCUT2D eigenvalue weighted by atomic mass is 10.2. The van der Waals surface area contributed by atoms with E-state index in [1.165, 1.54) is 28.0 Å². The Labute approximate surface area is 176 Å². The van der Waals surface area contributed by atoms with Gasteiger partial charge in [0.25, 0.3) is 5.24 Å². The van der Waals surface area contributed by atoms with Gasteiger partial charge in [-0.15, -0.1) is 0 Å². The summed E-state index contributed by atoms with van der Waals surface area (Å²) in [6, 6.07) is 4.04. The summed E-state index contributed by atoms with van der Waals surface area (Å²) in [4.78, 5) is 38.5. The van der Waals surface area contributed by atoms with Crippen LogP contribution in [-0.2, 0) is 19.6 Å². The number of amides is 3. The van der Waals surface area contributed by atoms with Gasteiger partial charge in [0.15, 0.2) is 0 Å². The van der Waals surface area contributed by atoms with Gasteiger partial charge in [-0.1, -0.05) is 41.0 Å². The third-order valence-electron chi connectivity index (χ3n) is 4.48. The van der Waals surface area contributed by atoms with Crippen molar-refractivity contribution in [3.8, 4) is 0 Å². The van der Waals surface area contributed by atoms with Gasteiger partial charge in [-0.25, -0.2) is 13.1 Å². The lowest BCUT2D eigenvalue weighted by Gasteiger charge is -2.22. The minimum absolute atomic E-state index is 0.00784. The molecule has 2 aliphatic heterocycles. The molecule has 28 heavy (non-hydrogen) atoms. The highest BCUT2D eigenvalue weighted by Gasteiger charge is 2.40. The minimum Gasteiger partial charge on any atom is -0.340 e. The molecular weight excluding hydrogens is 449 g/mol. The summed E-state index contributed by atoms with van der Waals surface area (Å²) in [6.07, 6.45) is 0.454. The molecule has 3 rings (SSSR count). The number of benzene rings is 1. The molecule has 8 nitrogen and oxygen atoms in total. The van der Waals surface area contributed by atoms with Crippen LogP contribution in [0.4, 0.5) is 4.79 Å². The molecule has 12 heteroatoms. The Kier molecular flexibility index (Phi) is 6.55. The average Bonchev–Trinajstić information content (AvgIpc) is 3.21. The third kappa shape index (κ3) is 4.46. The van der Waals surface area contributed by atoms with Gasteiger partial charge in [0.1, 0.15) is 4.90 Å². The van der Waals surface area contributed by atoms with Crippen LogP contribution in [-0.4, -0.2) is 66.7 Å². The molecule has 0 radical (unpaired) electrons. The average molecular weight is 466 g/mol. The predicted molar refractivity (Wildman–Crippen MR) is 106 cm³/mol. The number of thioether (sulfide) groups is 1. The highest BCUT2D eigenvalue weighted by atomic mass is 35.5. The molecule has 0 bridgehead atoms. The minimum atomic E-state index is -3.96. The van der Waals surface area contributed by atoms with E-state index in [9.17, 15) is 22.8 Å². The van der Waals surface area contributed by atoms with E-state index in [4.69, 9.17) is 23.2 Å². The van der Waals surface area contributed by atoms with Crippen LogP contribution in [0.5, 0.6) is 0 Å². The molecule has 1 aromatic carbocycles. The molecular formula is C16H17Cl2N3O5S2. The van der Waals surface area contributed by atoms with Crippen LogP contribution < -0.4 is 4.72 Å². The molecule has 1 N–H and O–H groups in total. The maximum atomic E-state index is 12.4. The molecule has 2 aliphatic rings. The number of rotatable bonds is 6. The van der Waals surface area contributed by atoms with Crippen LogP contribution in [0.15, 0.2) is 23.1 Å². The second-order valence-corrected chi connectivity index (χ2v) is 9.74. The number of carbonyl (C=O) groups excluding carboxylic acids is 3. The first kappa shape index (κ1) is 21.4. The zero-order valence-corrected chi connectivity index (χ0v) is 17.7. The summed E-state index contributed by atoms with van der Waals surface area (Å²) >= 11 is 12.8. The number of carbonyl (C=O) groups is 3. The smallest absolute Gasteiger partial charge is 0.289 e. The van der Waals surface area contributed by atoms with Gasteiger partial charge in [-0.2, -0.15) is 0 Å². The molecule has 1 atom stereocenters. The van der Waals surface area contributed by atoms with E-state index in [2.05, 4.69) is 4.72 Å². The van der Waals surface area contributed by atoms with E-state index < -0.39 is 10.0 Å². The first-order chi connectivity index (χ1) is 13.2. The molecule has 2 saturated heterocycles. The van der Waals surface area contributed by atoms with Gasteiger partial charge in [-0.05, 0) is 18.6 Å². The van der Waals surface area contributed by atoms with Crippen molar-refractivity contribution in [2.24, 2.45) is 0 Å². The number of sulfonamides is 1. The summed E-state index contributed by atoms with van der Waals surface area (Å²) in [5.41, 5.74) is 0. The monoisotopic (exact) mass is 465 g/mol. The molecule has 0 aliphatic carbocycles. The van der Waals surface area contributed by atoms with Crippen molar-refractivity contribution in [3.63, 3.8) is 0 Å². The van der Waals surface area contributed by atoms with Gasteiger partial charge in [0.2, 0.25) is 21.8 Å². The SMILES string of the molecule is O=C(CCNS(=O)(=O)c1c(Cl)cccc1Cl)N1CCC(N2C(=O)CSC2=O)C1. The van der Waals surface area contributed by atoms with E-state index in [-0.39, 0.29) is 63.3 Å². The second kappa shape index (κ2) is 8.58. The lowest BCUT2D eigenvalue weighted by Crippen LogP contribution is -2.42. The predicted octanol–water partition coefficient (Wildman–Crippen LogP) is 1.96. The molecule has 152 valence electrons. The summed E-state index contributed by atoms with van der Waals surface area (Å²) in [6.45, 7) is 0.551. The Morgan fingerprint density at radius 1 is 1.25 bits per heavy atom. The fourth-order valence-electron chi connectivity index (χ4n) is 3.16. The number of hydrogen-bond donors (Lipinski definition) is 1. The van der Waals surface area contributed by atoms with Gasteiger partial charge in [0.05, 0.1) is 21.8 Å². The van der Waals surface area contributed by atoms with E-state index in [1.54, 1.807) is 0 Å². The van der Waals surface area contributed by atoms with Crippen LogP contribution in [0, 0.1) is 0 Å². The fourth-order valence-corrected chi connectivity index (χ4v) is 6.11. The summed E-state index contributed by atoms with van der Waals surface area (Å²) < 4.78 is 27.1. The number of imide groups is 1. The molecule has 3 amide bonds. The Hall–Kier alpha value is -1.33. The fraction of sp³-hybridized carbons (Fsp3) is 0.438. The Bertz CT molecular complexity index is 889. The van der Waals surface area contributed by atoms with Crippen molar-refractivity contribution in [3.05, 3.63) is 28.2 Å². The third-order valence-corrected chi connectivity index (χ3v) is 7.73. The maximum absolute atomic E-state index is 12.4. The van der Waals surface area contributed by atoms with Crippen molar-refractivity contribution in [1.29, 1.82) is 0 Å². The Morgan fingerprint density at radius 2 is 1.93 bits per heavy atom. The van der Waals surface area contributed by atoms with Crippen LogP contribution in [0.25, 0.3) is 0 Å². The first-order valence-corrected chi connectivity index (χ1v) is 11.6. The van der Waals surface area contributed by atoms with Crippen molar-refractivity contribution < 1.29 is 22.8 Å². The first-order valence-electron chi connectivity index (χ1n) is 8.41. The van der Waals surface area contributed by atoms with Gasteiger partial charge >= 0.3 is 0 Å². The Balaban J connectivity index is 1.54. The normalized spacial score (nSPS) is 20.3. The van der Waals surface area contributed by atoms with Crippen molar-refractivity contribution >= 4 is 62.0 Å². The Morgan fingerprint density at radius 3 is 2.54 bits per heavy atom. The summed E-state index contributed by atoms with van der Waals surface area (Å²) in [5.74, 6) is -0.365. The molecule has 1 unspecified atom stereocenters. The van der Waals surface area contributed by atoms with Crippen LogP contribution in [0.2, 0.25) is 10.0 Å². The lowest BCUT2D eigenvalue weighted by molar-refractivity contribution is -0.131. The molecule has 2 heterocycles. The van der Waals surface area contributed by atoms with Gasteiger partial charge in [0, 0.05) is 26.1 Å².